The summed E-state index contributed by atoms with van der Waals surface area (Å²) in [5.74, 6) is -0.0466. The van der Waals surface area contributed by atoms with Gasteiger partial charge >= 0.3 is 0 Å². The minimum atomic E-state index is -0.0466. The lowest BCUT2D eigenvalue weighted by molar-refractivity contribution is 0.0936. The van der Waals surface area contributed by atoms with E-state index in [-0.39, 0.29) is 11.9 Å². The quantitative estimate of drug-likeness (QED) is 0.913. The number of aromatic nitrogens is 2. The van der Waals surface area contributed by atoms with Gasteiger partial charge in [-0.25, -0.2) is 0 Å². The highest BCUT2D eigenvalue weighted by molar-refractivity contribution is 5.94. The summed E-state index contributed by atoms with van der Waals surface area (Å²) >= 11 is 0. The van der Waals surface area contributed by atoms with Gasteiger partial charge in [0.2, 0.25) is 0 Å². The molecule has 0 saturated heterocycles. The molecule has 1 N–H and O–H groups in total. The Hall–Kier alpha value is -2.10. The molecule has 0 radical (unpaired) electrons. The predicted octanol–water partition coefficient (Wildman–Crippen LogP) is 2.32. The molecule has 0 aliphatic heterocycles. The smallest absolute Gasteiger partial charge is 0.251 e. The van der Waals surface area contributed by atoms with Crippen molar-refractivity contribution >= 4 is 5.91 Å². The Labute approximate surface area is 113 Å². The summed E-state index contributed by atoms with van der Waals surface area (Å²) in [6, 6.07) is 11.3. The van der Waals surface area contributed by atoms with E-state index in [4.69, 9.17) is 0 Å². The van der Waals surface area contributed by atoms with Crippen LogP contribution in [0.5, 0.6) is 0 Å². The molecule has 4 nitrogen and oxygen atoms in total. The highest BCUT2D eigenvalue weighted by Crippen LogP contribution is 2.04. The number of carbonyl (C=O) groups is 1. The summed E-state index contributed by atoms with van der Waals surface area (Å²) in [5, 5.41) is 7.38. The van der Waals surface area contributed by atoms with Crippen molar-refractivity contribution in [1.29, 1.82) is 0 Å². The van der Waals surface area contributed by atoms with Crippen LogP contribution in [0.15, 0.2) is 36.4 Å². The normalized spacial score (nSPS) is 12.2. The molecular weight excluding hydrogens is 238 g/mol. The lowest BCUT2D eigenvalue weighted by atomic mass is 10.2. The number of nitrogens with one attached hydrogen (secondary N) is 1. The molecule has 1 aromatic carbocycles. The summed E-state index contributed by atoms with van der Waals surface area (Å²) < 4.78 is 1.92. The van der Waals surface area contributed by atoms with Crippen LogP contribution in [-0.2, 0) is 6.54 Å². The van der Waals surface area contributed by atoms with Gasteiger partial charge in [0, 0.05) is 17.3 Å². The van der Waals surface area contributed by atoms with Gasteiger partial charge in [-0.1, -0.05) is 18.2 Å². The van der Waals surface area contributed by atoms with Crippen LogP contribution in [0.3, 0.4) is 0 Å². The minimum absolute atomic E-state index is 0.0331. The second-order valence-corrected chi connectivity index (χ2v) is 4.85. The second kappa shape index (κ2) is 5.69. The van der Waals surface area contributed by atoms with Crippen LogP contribution in [0.25, 0.3) is 0 Å². The molecule has 1 unspecified atom stereocenters. The van der Waals surface area contributed by atoms with Gasteiger partial charge in [-0.3, -0.25) is 9.48 Å². The van der Waals surface area contributed by atoms with Crippen molar-refractivity contribution in [3.63, 3.8) is 0 Å². The number of hydrogen-bond acceptors (Lipinski definition) is 2. The van der Waals surface area contributed by atoms with Gasteiger partial charge in [-0.05, 0) is 39.0 Å². The molecule has 2 rings (SSSR count). The maximum atomic E-state index is 12.0. The summed E-state index contributed by atoms with van der Waals surface area (Å²) in [4.78, 5) is 12.0. The molecule has 0 saturated carbocycles. The number of carbonyl (C=O) groups excluding carboxylic acids is 1. The van der Waals surface area contributed by atoms with Crippen LogP contribution in [0.1, 0.15) is 28.7 Å². The molecule has 4 heteroatoms. The predicted molar refractivity (Wildman–Crippen MR) is 75.1 cm³/mol. The van der Waals surface area contributed by atoms with E-state index in [1.807, 2.05) is 61.9 Å². The highest BCUT2D eigenvalue weighted by atomic mass is 16.1. The fraction of sp³-hybridized carbons (Fsp3) is 0.333. The molecule has 0 bridgehead atoms. The zero-order valence-electron chi connectivity index (χ0n) is 11.6. The number of rotatable bonds is 4. The van der Waals surface area contributed by atoms with Crippen molar-refractivity contribution in [3.8, 4) is 0 Å². The third-order valence-electron chi connectivity index (χ3n) is 2.96. The van der Waals surface area contributed by atoms with Crippen LogP contribution in [0.4, 0.5) is 0 Å². The largest absolute Gasteiger partial charge is 0.348 e. The first kappa shape index (κ1) is 13.3. The fourth-order valence-electron chi connectivity index (χ4n) is 2.06. The van der Waals surface area contributed by atoms with E-state index in [9.17, 15) is 4.79 Å². The van der Waals surface area contributed by atoms with Gasteiger partial charge in [0.25, 0.3) is 5.91 Å². The number of nitrogens with zero attached hydrogens (tertiary/aromatic N) is 2. The fourth-order valence-corrected chi connectivity index (χ4v) is 2.06. The number of benzene rings is 1. The second-order valence-electron chi connectivity index (χ2n) is 4.85. The van der Waals surface area contributed by atoms with Crippen LogP contribution in [-0.4, -0.2) is 21.7 Å². The Morgan fingerprint density at radius 1 is 1.32 bits per heavy atom. The van der Waals surface area contributed by atoms with Crippen molar-refractivity contribution in [2.45, 2.75) is 33.4 Å². The molecule has 0 aliphatic rings. The number of amides is 1. The van der Waals surface area contributed by atoms with Gasteiger partial charge in [0.1, 0.15) is 0 Å². The van der Waals surface area contributed by atoms with Crippen LogP contribution in [0.2, 0.25) is 0 Å². The third-order valence-corrected chi connectivity index (χ3v) is 2.96. The Bertz CT molecular complexity index is 560. The first-order valence-corrected chi connectivity index (χ1v) is 6.43. The van der Waals surface area contributed by atoms with Crippen molar-refractivity contribution < 1.29 is 4.79 Å². The van der Waals surface area contributed by atoms with Gasteiger partial charge in [0.15, 0.2) is 0 Å². The van der Waals surface area contributed by atoms with E-state index in [2.05, 4.69) is 10.4 Å². The van der Waals surface area contributed by atoms with E-state index in [1.54, 1.807) is 0 Å². The van der Waals surface area contributed by atoms with Gasteiger partial charge in [-0.15, -0.1) is 0 Å². The minimum Gasteiger partial charge on any atom is -0.348 e. The average molecular weight is 257 g/mol. The van der Waals surface area contributed by atoms with E-state index < -0.39 is 0 Å². The van der Waals surface area contributed by atoms with E-state index in [1.165, 1.54) is 0 Å². The molecule has 0 spiro atoms. The van der Waals surface area contributed by atoms with Crippen molar-refractivity contribution in [1.82, 2.24) is 15.1 Å². The topological polar surface area (TPSA) is 46.9 Å². The lowest BCUT2D eigenvalue weighted by Gasteiger charge is -2.15. The molecule has 19 heavy (non-hydrogen) atoms. The lowest BCUT2D eigenvalue weighted by Crippen LogP contribution is -2.36. The van der Waals surface area contributed by atoms with Crippen LogP contribution >= 0.6 is 0 Å². The Morgan fingerprint density at radius 2 is 2.00 bits per heavy atom. The van der Waals surface area contributed by atoms with E-state index >= 15 is 0 Å². The third kappa shape index (κ3) is 3.44. The highest BCUT2D eigenvalue weighted by Gasteiger charge is 2.11. The monoisotopic (exact) mass is 257 g/mol. The average Bonchev–Trinajstić information content (AvgIpc) is 2.68. The van der Waals surface area contributed by atoms with Crippen molar-refractivity contribution in [2.75, 3.05) is 0 Å². The molecule has 1 amide bonds. The zero-order valence-corrected chi connectivity index (χ0v) is 11.6. The molecule has 1 heterocycles. The van der Waals surface area contributed by atoms with E-state index in [0.717, 1.165) is 11.4 Å². The van der Waals surface area contributed by atoms with Crippen LogP contribution < -0.4 is 5.32 Å². The van der Waals surface area contributed by atoms with Gasteiger partial charge in [0.05, 0.1) is 12.2 Å². The van der Waals surface area contributed by atoms with Crippen molar-refractivity contribution in [2.24, 2.45) is 0 Å². The molecule has 1 aromatic heterocycles. The number of aryl methyl sites for hydroxylation is 2. The first-order chi connectivity index (χ1) is 9.06. The van der Waals surface area contributed by atoms with Gasteiger partial charge < -0.3 is 5.32 Å². The SMILES string of the molecule is Cc1cc(C)n(CC(C)NC(=O)c2ccccc2)n1. The Morgan fingerprint density at radius 3 is 2.58 bits per heavy atom. The summed E-state index contributed by atoms with van der Waals surface area (Å²) in [5.41, 5.74) is 2.79. The zero-order chi connectivity index (χ0) is 13.8. The molecular formula is C15H19N3O. The summed E-state index contributed by atoms with van der Waals surface area (Å²) in [7, 11) is 0. The molecule has 100 valence electrons. The summed E-state index contributed by atoms with van der Waals surface area (Å²) in [6.45, 7) is 6.65. The molecule has 0 fully saturated rings. The summed E-state index contributed by atoms with van der Waals surface area (Å²) in [6.07, 6.45) is 0. The standard InChI is InChI=1S/C15H19N3O/c1-11-9-13(3)18(17-11)10-12(2)16-15(19)14-7-5-4-6-8-14/h4-9,12H,10H2,1-3H3,(H,16,19). The maximum absolute atomic E-state index is 12.0. The number of hydrogen-bond donors (Lipinski definition) is 1. The van der Waals surface area contributed by atoms with Gasteiger partial charge in [-0.2, -0.15) is 5.10 Å². The molecule has 2 aromatic rings. The Kier molecular flexibility index (Phi) is 4.00. The maximum Gasteiger partial charge on any atom is 0.251 e. The first-order valence-electron chi connectivity index (χ1n) is 6.43. The van der Waals surface area contributed by atoms with Crippen molar-refractivity contribution in [3.05, 3.63) is 53.3 Å². The molecule has 1 atom stereocenters. The molecule has 0 aliphatic carbocycles. The Balaban J connectivity index is 1.96. The van der Waals surface area contributed by atoms with E-state index in [0.29, 0.717) is 12.1 Å². The van der Waals surface area contributed by atoms with Crippen LogP contribution in [0, 0.1) is 13.8 Å².